The van der Waals surface area contributed by atoms with Gasteiger partial charge in [-0.2, -0.15) is 0 Å². The van der Waals surface area contributed by atoms with Crippen molar-refractivity contribution in [1.29, 1.82) is 0 Å². The summed E-state index contributed by atoms with van der Waals surface area (Å²) in [5.41, 5.74) is 0.721. The number of benzene rings is 4. The van der Waals surface area contributed by atoms with Crippen LogP contribution < -0.4 is 14.9 Å². The van der Waals surface area contributed by atoms with Crippen LogP contribution in [-0.4, -0.2) is 64.8 Å². The van der Waals surface area contributed by atoms with E-state index in [1.54, 1.807) is 24.3 Å². The lowest BCUT2D eigenvalue weighted by Crippen LogP contribution is -2.60. The van der Waals surface area contributed by atoms with E-state index < -0.39 is 37.3 Å². The first-order chi connectivity index (χ1) is 16.9. The topological polar surface area (TPSA) is 139 Å². The highest BCUT2D eigenvalue weighted by Gasteiger charge is 2.45. The molecule has 0 unspecified atom stereocenters. The molecule has 9 heteroatoms. The van der Waals surface area contributed by atoms with Gasteiger partial charge in [-0.1, -0.05) is 24.3 Å². The van der Waals surface area contributed by atoms with E-state index in [0.29, 0.717) is 43.8 Å². The Kier molecular flexibility index (Phi) is 5.06. The maximum absolute atomic E-state index is 12.9. The van der Waals surface area contributed by atoms with Crippen LogP contribution in [-0.2, 0) is 4.74 Å². The average molecular weight is 478 g/mol. The summed E-state index contributed by atoms with van der Waals surface area (Å²) in [5.74, 6) is 0.676. The van der Waals surface area contributed by atoms with Gasteiger partial charge in [0.1, 0.15) is 35.7 Å². The molecule has 1 aliphatic heterocycles. The zero-order valence-corrected chi connectivity index (χ0v) is 18.5. The van der Waals surface area contributed by atoms with Gasteiger partial charge in [0.25, 0.3) is 0 Å². The highest BCUT2D eigenvalue weighted by molar-refractivity contribution is 6.29. The van der Waals surface area contributed by atoms with Crippen molar-refractivity contribution in [3.8, 4) is 11.5 Å². The highest BCUT2D eigenvalue weighted by Crippen LogP contribution is 2.46. The maximum atomic E-state index is 12.9. The number of ether oxygens (including phenoxy) is 3. The molecular weight excluding hydrogens is 456 g/mol. The first-order valence-corrected chi connectivity index (χ1v) is 11.1. The van der Waals surface area contributed by atoms with E-state index in [1.165, 1.54) is 13.2 Å². The van der Waals surface area contributed by atoms with Gasteiger partial charge in [0.2, 0.25) is 6.29 Å². The fourth-order valence-corrected chi connectivity index (χ4v) is 4.94. The standard InChI is InChI=1S/C26H22O9/c1-32-17-8-11-6-7-14(28)13-9-16(34-26-24(31)23(30)22(29)18(10-27)35-26)20-12-4-2-3-5-15(12)33-25(17)21(20)19(11)13/h2-9,18,22-24,26-27,29-31H,10H2,1H3/t18-,22-,23+,24-,26-/m1/s1. The van der Waals surface area contributed by atoms with E-state index in [2.05, 4.69) is 0 Å². The molecule has 0 aliphatic carbocycles. The lowest BCUT2D eigenvalue weighted by Gasteiger charge is -2.39. The smallest absolute Gasteiger partial charge is 0.229 e. The molecule has 4 aromatic carbocycles. The lowest BCUT2D eigenvalue weighted by atomic mass is 9.93. The second kappa shape index (κ2) is 8.04. The molecule has 5 aromatic rings. The number of methoxy groups -OCH3 is 1. The molecule has 2 heterocycles. The first-order valence-electron chi connectivity index (χ1n) is 11.1. The Morgan fingerprint density at radius 1 is 0.886 bits per heavy atom. The van der Waals surface area contributed by atoms with E-state index in [0.717, 1.165) is 5.39 Å². The molecule has 4 N–H and O–H groups in total. The second-order valence-electron chi connectivity index (χ2n) is 8.66. The summed E-state index contributed by atoms with van der Waals surface area (Å²) >= 11 is 0. The summed E-state index contributed by atoms with van der Waals surface area (Å²) < 4.78 is 23.5. The van der Waals surface area contributed by atoms with Crippen LogP contribution in [0.15, 0.2) is 57.7 Å². The number of rotatable bonds is 4. The summed E-state index contributed by atoms with van der Waals surface area (Å²) in [6.07, 6.45) is -7.31. The minimum absolute atomic E-state index is 0.205. The fourth-order valence-electron chi connectivity index (χ4n) is 4.94. The zero-order valence-electron chi connectivity index (χ0n) is 18.5. The van der Waals surface area contributed by atoms with E-state index >= 15 is 0 Å². The van der Waals surface area contributed by atoms with Gasteiger partial charge in [-0.25, -0.2) is 0 Å². The molecule has 35 heavy (non-hydrogen) atoms. The molecule has 1 fully saturated rings. The molecule has 180 valence electrons. The van der Waals surface area contributed by atoms with Crippen LogP contribution in [0.3, 0.4) is 0 Å². The van der Waals surface area contributed by atoms with Gasteiger partial charge in [0.15, 0.2) is 16.8 Å². The molecule has 1 aromatic heterocycles. The minimum atomic E-state index is -1.61. The third kappa shape index (κ3) is 3.17. The number of aliphatic hydroxyl groups excluding tert-OH is 4. The lowest BCUT2D eigenvalue weighted by molar-refractivity contribution is -0.277. The average Bonchev–Trinajstić information content (AvgIpc) is 2.88. The predicted molar refractivity (Wildman–Crippen MR) is 127 cm³/mol. The quantitative estimate of drug-likeness (QED) is 0.225. The third-order valence-electron chi connectivity index (χ3n) is 6.68. The first kappa shape index (κ1) is 22.0. The largest absolute Gasteiger partial charge is 0.493 e. The van der Waals surface area contributed by atoms with Crippen LogP contribution in [0, 0.1) is 0 Å². The molecule has 9 nitrogen and oxygen atoms in total. The van der Waals surface area contributed by atoms with Crippen molar-refractivity contribution in [2.75, 3.05) is 13.7 Å². The van der Waals surface area contributed by atoms with Crippen molar-refractivity contribution in [1.82, 2.24) is 0 Å². The van der Waals surface area contributed by atoms with Crippen molar-refractivity contribution in [3.05, 3.63) is 58.8 Å². The van der Waals surface area contributed by atoms with Crippen LogP contribution in [0.2, 0.25) is 0 Å². The minimum Gasteiger partial charge on any atom is -0.493 e. The highest BCUT2D eigenvalue weighted by atomic mass is 16.7. The molecule has 6 rings (SSSR count). The Labute approximate surface area is 197 Å². The van der Waals surface area contributed by atoms with E-state index in [-0.39, 0.29) is 11.2 Å². The van der Waals surface area contributed by atoms with E-state index in [9.17, 15) is 25.2 Å². The molecule has 1 saturated heterocycles. The summed E-state index contributed by atoms with van der Waals surface area (Å²) in [5, 5.41) is 44.2. The molecule has 0 radical (unpaired) electrons. The van der Waals surface area contributed by atoms with Gasteiger partial charge in [0.05, 0.1) is 13.7 Å². The number of hydrogen-bond donors (Lipinski definition) is 4. The van der Waals surface area contributed by atoms with Gasteiger partial charge >= 0.3 is 0 Å². The van der Waals surface area contributed by atoms with Gasteiger partial charge < -0.3 is 39.1 Å². The molecule has 0 amide bonds. The monoisotopic (exact) mass is 478 g/mol. The summed E-state index contributed by atoms with van der Waals surface area (Å²) in [6.45, 7) is -0.592. The van der Waals surface area contributed by atoms with Crippen molar-refractivity contribution >= 4 is 43.5 Å². The third-order valence-corrected chi connectivity index (χ3v) is 6.68. The Morgan fingerprint density at radius 2 is 1.69 bits per heavy atom. The zero-order chi connectivity index (χ0) is 24.4. The number of aliphatic hydroxyl groups is 4. The maximum Gasteiger partial charge on any atom is 0.229 e. The Balaban J connectivity index is 1.69. The van der Waals surface area contributed by atoms with E-state index in [4.69, 9.17) is 18.6 Å². The van der Waals surface area contributed by atoms with Gasteiger partial charge in [-0.3, -0.25) is 4.79 Å². The summed E-state index contributed by atoms with van der Waals surface area (Å²) in [7, 11) is 1.53. The van der Waals surface area contributed by atoms with Crippen LogP contribution in [0.5, 0.6) is 11.5 Å². The fraction of sp³-hybridized carbons (Fsp3) is 0.269. The van der Waals surface area contributed by atoms with E-state index in [1.807, 2.05) is 18.2 Å². The van der Waals surface area contributed by atoms with Crippen molar-refractivity contribution in [2.45, 2.75) is 30.7 Å². The number of hydrogen-bond acceptors (Lipinski definition) is 9. The molecule has 1 aliphatic rings. The SMILES string of the molecule is COc1cc2ccc(=O)c3cc(O[C@@H]4O[C@H](CO)[C@@H](O)[C@H](O)[C@H]4O)c4c5ccccc5oc1c4c23. The van der Waals surface area contributed by atoms with Crippen molar-refractivity contribution in [2.24, 2.45) is 0 Å². The van der Waals surface area contributed by atoms with Crippen LogP contribution >= 0.6 is 0 Å². The van der Waals surface area contributed by atoms with Gasteiger partial charge in [0, 0.05) is 26.9 Å². The second-order valence-corrected chi connectivity index (χ2v) is 8.66. The molecular formula is C26H22O9. The molecule has 0 saturated carbocycles. The van der Waals surface area contributed by atoms with Crippen LogP contribution in [0.1, 0.15) is 0 Å². The van der Waals surface area contributed by atoms with Gasteiger partial charge in [-0.05, 0) is 29.7 Å². The Bertz CT molecular complexity index is 1620. The van der Waals surface area contributed by atoms with Crippen molar-refractivity contribution < 1.29 is 39.1 Å². The summed E-state index contributed by atoms with van der Waals surface area (Å²) in [6, 6.07) is 13.8. The Hall–Kier alpha value is -3.47. The van der Waals surface area contributed by atoms with Crippen LogP contribution in [0.4, 0.5) is 0 Å². The summed E-state index contributed by atoms with van der Waals surface area (Å²) in [4.78, 5) is 12.9. The van der Waals surface area contributed by atoms with Gasteiger partial charge in [-0.15, -0.1) is 0 Å². The molecule has 0 bridgehead atoms. The van der Waals surface area contributed by atoms with Crippen molar-refractivity contribution in [3.63, 3.8) is 0 Å². The predicted octanol–water partition coefficient (Wildman–Crippen LogP) is 1.88. The van der Waals surface area contributed by atoms with Crippen LogP contribution in [0.25, 0.3) is 43.5 Å². The number of fused-ring (bicyclic) bond motifs is 2. The number of para-hydroxylation sites is 1. The molecule has 0 spiro atoms. The normalized spacial score (nSPS) is 25.1. The molecule has 5 atom stereocenters. The Morgan fingerprint density at radius 3 is 2.46 bits per heavy atom.